The SMILES string of the molecule is CCC(CC)C1(O)CCc2ccccc21. The number of aryl methyl sites for hydroxylation is 1. The molecule has 0 fully saturated rings. The van der Waals surface area contributed by atoms with E-state index in [4.69, 9.17) is 0 Å². The van der Waals surface area contributed by atoms with Crippen LogP contribution >= 0.6 is 0 Å². The van der Waals surface area contributed by atoms with E-state index >= 15 is 0 Å². The number of fused-ring (bicyclic) bond motifs is 1. The molecule has 0 saturated carbocycles. The molecular weight excluding hydrogens is 184 g/mol. The van der Waals surface area contributed by atoms with Crippen molar-refractivity contribution in [2.24, 2.45) is 5.92 Å². The Hall–Kier alpha value is -0.820. The molecule has 82 valence electrons. The fourth-order valence-corrected chi connectivity index (χ4v) is 3.01. The molecule has 0 aromatic heterocycles. The van der Waals surface area contributed by atoms with E-state index in [1.165, 1.54) is 11.1 Å². The average molecular weight is 204 g/mol. The quantitative estimate of drug-likeness (QED) is 0.801. The number of hydrogen-bond donors (Lipinski definition) is 1. The standard InChI is InChI=1S/C14H20O/c1-3-12(4-2)14(15)10-9-11-7-5-6-8-13(11)14/h5-8,12,15H,3-4,9-10H2,1-2H3. The summed E-state index contributed by atoms with van der Waals surface area (Å²) in [5.74, 6) is 0.404. The van der Waals surface area contributed by atoms with Crippen molar-refractivity contribution in [2.75, 3.05) is 0 Å². The predicted molar refractivity (Wildman–Crippen MR) is 62.7 cm³/mol. The molecule has 1 aliphatic rings. The minimum absolute atomic E-state index is 0.404. The van der Waals surface area contributed by atoms with Crippen molar-refractivity contribution in [3.63, 3.8) is 0 Å². The molecular formula is C14H20O. The molecule has 0 saturated heterocycles. The molecule has 1 unspecified atom stereocenters. The fraction of sp³-hybridized carbons (Fsp3) is 0.571. The van der Waals surface area contributed by atoms with Gasteiger partial charge in [0.15, 0.2) is 0 Å². The first-order valence-corrected chi connectivity index (χ1v) is 6.03. The van der Waals surface area contributed by atoms with E-state index in [0.717, 1.165) is 25.7 Å². The first kappa shape index (κ1) is 10.7. The summed E-state index contributed by atoms with van der Waals surface area (Å²) in [5.41, 5.74) is 1.96. The molecule has 0 amide bonds. The molecule has 0 spiro atoms. The Balaban J connectivity index is 2.39. The maximum atomic E-state index is 10.8. The van der Waals surface area contributed by atoms with Gasteiger partial charge in [-0.15, -0.1) is 0 Å². The van der Waals surface area contributed by atoms with Crippen LogP contribution in [0.5, 0.6) is 0 Å². The van der Waals surface area contributed by atoms with Gasteiger partial charge in [0, 0.05) is 0 Å². The maximum Gasteiger partial charge on any atom is 0.0930 e. The lowest BCUT2D eigenvalue weighted by Gasteiger charge is -2.32. The molecule has 0 aliphatic heterocycles. The van der Waals surface area contributed by atoms with Crippen LogP contribution in [0, 0.1) is 5.92 Å². The third-order valence-electron chi connectivity index (χ3n) is 3.92. The van der Waals surface area contributed by atoms with Crippen LogP contribution in [0.4, 0.5) is 0 Å². The highest BCUT2D eigenvalue weighted by Crippen LogP contribution is 2.44. The first-order valence-electron chi connectivity index (χ1n) is 6.03. The van der Waals surface area contributed by atoms with Crippen LogP contribution in [0.25, 0.3) is 0 Å². The Morgan fingerprint density at radius 2 is 1.93 bits per heavy atom. The molecule has 2 rings (SSSR count). The molecule has 1 aliphatic carbocycles. The number of rotatable bonds is 3. The van der Waals surface area contributed by atoms with Crippen molar-refractivity contribution in [3.8, 4) is 0 Å². The molecule has 1 N–H and O–H groups in total. The van der Waals surface area contributed by atoms with Crippen molar-refractivity contribution in [3.05, 3.63) is 35.4 Å². The van der Waals surface area contributed by atoms with Gasteiger partial charge >= 0.3 is 0 Å². The van der Waals surface area contributed by atoms with Gasteiger partial charge in [-0.25, -0.2) is 0 Å². The second kappa shape index (κ2) is 3.97. The summed E-state index contributed by atoms with van der Waals surface area (Å²) >= 11 is 0. The van der Waals surface area contributed by atoms with E-state index in [1.54, 1.807) is 0 Å². The Morgan fingerprint density at radius 3 is 2.60 bits per heavy atom. The van der Waals surface area contributed by atoms with Crippen LogP contribution in [-0.2, 0) is 12.0 Å². The highest BCUT2D eigenvalue weighted by Gasteiger charge is 2.41. The van der Waals surface area contributed by atoms with E-state index in [0.29, 0.717) is 5.92 Å². The Labute approximate surface area is 92.1 Å². The highest BCUT2D eigenvalue weighted by molar-refractivity contribution is 5.37. The van der Waals surface area contributed by atoms with Crippen molar-refractivity contribution >= 4 is 0 Å². The minimum atomic E-state index is -0.555. The lowest BCUT2D eigenvalue weighted by molar-refractivity contribution is -0.0258. The van der Waals surface area contributed by atoms with Crippen molar-refractivity contribution in [1.82, 2.24) is 0 Å². The summed E-state index contributed by atoms with van der Waals surface area (Å²) in [6.45, 7) is 4.35. The molecule has 0 bridgehead atoms. The van der Waals surface area contributed by atoms with Gasteiger partial charge in [-0.2, -0.15) is 0 Å². The largest absolute Gasteiger partial charge is 0.385 e. The van der Waals surface area contributed by atoms with Crippen LogP contribution in [-0.4, -0.2) is 5.11 Å². The van der Waals surface area contributed by atoms with E-state index in [2.05, 4.69) is 32.0 Å². The number of benzene rings is 1. The summed E-state index contributed by atoms with van der Waals surface area (Å²) in [6.07, 6.45) is 4.05. The first-order chi connectivity index (χ1) is 7.22. The average Bonchev–Trinajstić information content (AvgIpc) is 2.60. The monoisotopic (exact) mass is 204 g/mol. The predicted octanol–water partition coefficient (Wildman–Crippen LogP) is 3.26. The van der Waals surface area contributed by atoms with Gasteiger partial charge in [-0.3, -0.25) is 0 Å². The summed E-state index contributed by atoms with van der Waals surface area (Å²) < 4.78 is 0. The van der Waals surface area contributed by atoms with Gasteiger partial charge in [-0.05, 0) is 29.9 Å². The normalized spacial score (nSPS) is 24.5. The summed E-state index contributed by atoms with van der Waals surface area (Å²) in [7, 11) is 0. The topological polar surface area (TPSA) is 20.2 Å². The van der Waals surface area contributed by atoms with E-state index in [1.807, 2.05) is 6.07 Å². The number of aliphatic hydroxyl groups is 1. The van der Waals surface area contributed by atoms with Crippen molar-refractivity contribution < 1.29 is 5.11 Å². The lowest BCUT2D eigenvalue weighted by atomic mass is 9.79. The Kier molecular flexibility index (Phi) is 2.83. The van der Waals surface area contributed by atoms with Crippen LogP contribution < -0.4 is 0 Å². The zero-order valence-corrected chi connectivity index (χ0v) is 9.66. The zero-order valence-electron chi connectivity index (χ0n) is 9.66. The summed E-state index contributed by atoms with van der Waals surface area (Å²) in [6, 6.07) is 8.35. The third kappa shape index (κ3) is 1.59. The van der Waals surface area contributed by atoms with E-state index in [-0.39, 0.29) is 0 Å². The Morgan fingerprint density at radius 1 is 1.27 bits per heavy atom. The van der Waals surface area contributed by atoms with Crippen molar-refractivity contribution in [1.29, 1.82) is 0 Å². The smallest absolute Gasteiger partial charge is 0.0930 e. The molecule has 0 heterocycles. The van der Waals surface area contributed by atoms with Gasteiger partial charge in [-0.1, -0.05) is 51.0 Å². The zero-order chi connectivity index (χ0) is 10.9. The van der Waals surface area contributed by atoms with Crippen molar-refractivity contribution in [2.45, 2.75) is 45.1 Å². The van der Waals surface area contributed by atoms with Crippen LogP contribution in [0.1, 0.15) is 44.2 Å². The fourth-order valence-electron chi connectivity index (χ4n) is 3.01. The van der Waals surface area contributed by atoms with Gasteiger partial charge in [0.1, 0.15) is 0 Å². The van der Waals surface area contributed by atoms with E-state index < -0.39 is 5.60 Å². The third-order valence-corrected chi connectivity index (χ3v) is 3.92. The van der Waals surface area contributed by atoms with Gasteiger partial charge in [0.2, 0.25) is 0 Å². The molecule has 15 heavy (non-hydrogen) atoms. The number of hydrogen-bond acceptors (Lipinski definition) is 1. The minimum Gasteiger partial charge on any atom is -0.385 e. The van der Waals surface area contributed by atoms with Crippen LogP contribution in [0.15, 0.2) is 24.3 Å². The van der Waals surface area contributed by atoms with Crippen LogP contribution in [0.3, 0.4) is 0 Å². The molecule has 0 radical (unpaired) electrons. The highest BCUT2D eigenvalue weighted by atomic mass is 16.3. The second-order valence-corrected chi connectivity index (χ2v) is 4.59. The Bertz CT molecular complexity index is 341. The second-order valence-electron chi connectivity index (χ2n) is 4.59. The van der Waals surface area contributed by atoms with Gasteiger partial charge < -0.3 is 5.11 Å². The van der Waals surface area contributed by atoms with Gasteiger partial charge in [0.05, 0.1) is 5.60 Å². The molecule has 1 aromatic carbocycles. The summed E-state index contributed by atoms with van der Waals surface area (Å²) in [4.78, 5) is 0. The molecule has 1 heteroatoms. The van der Waals surface area contributed by atoms with E-state index in [9.17, 15) is 5.11 Å². The van der Waals surface area contributed by atoms with Crippen LogP contribution in [0.2, 0.25) is 0 Å². The van der Waals surface area contributed by atoms with Gasteiger partial charge in [0.25, 0.3) is 0 Å². The molecule has 1 atom stereocenters. The lowest BCUT2D eigenvalue weighted by Crippen LogP contribution is -2.32. The molecule has 1 nitrogen and oxygen atoms in total. The molecule has 1 aromatic rings. The maximum absolute atomic E-state index is 10.8. The summed E-state index contributed by atoms with van der Waals surface area (Å²) in [5, 5.41) is 10.8.